The molecule has 5 nitrogen and oxygen atoms in total. The Hall–Kier alpha value is -0.380. The highest BCUT2D eigenvalue weighted by Crippen LogP contribution is 2.31. The van der Waals surface area contributed by atoms with Crippen molar-refractivity contribution in [2.75, 3.05) is 5.94 Å². The fraction of sp³-hybridized carbons (Fsp3) is 1.00. The molecule has 0 aliphatic rings. The van der Waals surface area contributed by atoms with E-state index in [4.69, 9.17) is 0 Å². The van der Waals surface area contributed by atoms with Crippen molar-refractivity contribution < 1.29 is 26.3 Å². The van der Waals surface area contributed by atoms with Gasteiger partial charge in [0.2, 0.25) is 22.8 Å². The van der Waals surface area contributed by atoms with E-state index in [0.717, 1.165) is 13.8 Å². The van der Waals surface area contributed by atoms with Gasteiger partial charge in [0.15, 0.2) is 5.94 Å². The molecule has 0 aromatic rings. The maximum absolute atomic E-state index is 13.1. The lowest BCUT2D eigenvalue weighted by molar-refractivity contribution is -0.151. The summed E-state index contributed by atoms with van der Waals surface area (Å²) >= 11 is 0. The van der Waals surface area contributed by atoms with Gasteiger partial charge in [0.1, 0.15) is 0 Å². The third kappa shape index (κ3) is 4.33. The first-order valence-electron chi connectivity index (χ1n) is 3.87. The summed E-state index contributed by atoms with van der Waals surface area (Å²) in [7, 11) is -3.98. The Morgan fingerprint density at radius 2 is 1.87 bits per heavy atom. The highest BCUT2D eigenvalue weighted by Gasteiger charge is 2.40. The zero-order chi connectivity index (χ0) is 12.3. The Labute approximate surface area is 85.8 Å². The van der Waals surface area contributed by atoms with E-state index in [0.29, 0.717) is 0 Å². The molecule has 0 saturated heterocycles. The number of halogens is 3. The monoisotopic (exact) mass is 250 g/mol. The van der Waals surface area contributed by atoms with Crippen LogP contribution in [0.4, 0.5) is 13.2 Å². The van der Waals surface area contributed by atoms with E-state index in [2.05, 4.69) is 10.6 Å². The molecule has 1 atom stereocenters. The Bertz CT molecular complexity index is 294. The summed E-state index contributed by atoms with van der Waals surface area (Å²) in [5.41, 5.74) is -2.08. The van der Waals surface area contributed by atoms with Gasteiger partial charge in [0, 0.05) is 0 Å². The van der Waals surface area contributed by atoms with Crippen molar-refractivity contribution in [3.63, 3.8) is 0 Å². The van der Waals surface area contributed by atoms with Crippen LogP contribution < -0.4 is 10.7 Å². The molecule has 0 radical (unpaired) electrons. The van der Waals surface area contributed by atoms with Gasteiger partial charge in [-0.2, -0.15) is 4.83 Å². The molecule has 0 heterocycles. The summed E-state index contributed by atoms with van der Waals surface area (Å²) in [6.45, 7) is 1.84. The smallest absolute Gasteiger partial charge is 0.248 e. The van der Waals surface area contributed by atoms with Crippen LogP contribution in [0.15, 0.2) is 0 Å². The summed E-state index contributed by atoms with van der Waals surface area (Å²) in [4.78, 5) is 1.37. The largest absolute Gasteiger partial charge is 0.330 e. The van der Waals surface area contributed by atoms with Gasteiger partial charge in [-0.25, -0.2) is 21.6 Å². The molecule has 0 aromatic carbocycles. The average Bonchev–Trinajstić information content (AvgIpc) is 2.14. The number of hydrogen-bond donors (Lipinski definition) is 2. The molecule has 0 amide bonds. The zero-order valence-electron chi connectivity index (χ0n) is 8.21. The predicted octanol–water partition coefficient (Wildman–Crippen LogP) is 0.341. The lowest BCUT2D eigenvalue weighted by atomic mass is 9.94. The molecule has 3 N–H and O–H groups in total. The first kappa shape index (κ1) is 14.6. The van der Waals surface area contributed by atoms with E-state index in [1.807, 2.05) is 0 Å². The van der Waals surface area contributed by atoms with Crippen LogP contribution in [0.2, 0.25) is 0 Å². The molecule has 0 aromatic heterocycles. The number of hydrogen-bond acceptors (Lipinski definition) is 4. The summed E-state index contributed by atoms with van der Waals surface area (Å²) in [6, 6.07) is 0. The van der Waals surface area contributed by atoms with Crippen molar-refractivity contribution in [1.82, 2.24) is 4.83 Å². The second-order valence-corrected chi connectivity index (χ2v) is 5.16. The van der Waals surface area contributed by atoms with Crippen LogP contribution in [0.1, 0.15) is 13.8 Å². The molecular formula is C6H13F3N2O3S. The minimum absolute atomic E-state index is 0.921. The normalized spacial score (nSPS) is 15.7. The molecule has 0 rings (SSSR count). The minimum atomic E-state index is -3.98. The Balaban J connectivity index is 4.33. The standard InChI is InChI=1S/C6H13F3N2O3S/c1-6(2,4(7)8)5(9)14-3-15(12,13)11-10/h4-5,11H,3,10H2,1-2H3. The molecule has 1 unspecified atom stereocenters. The van der Waals surface area contributed by atoms with Crippen molar-refractivity contribution in [3.05, 3.63) is 0 Å². The van der Waals surface area contributed by atoms with E-state index >= 15 is 0 Å². The van der Waals surface area contributed by atoms with Crippen LogP contribution in [-0.2, 0) is 14.8 Å². The van der Waals surface area contributed by atoms with Crippen molar-refractivity contribution >= 4 is 10.0 Å². The lowest BCUT2D eigenvalue weighted by Crippen LogP contribution is -2.39. The van der Waals surface area contributed by atoms with Crippen LogP contribution in [0.25, 0.3) is 0 Å². The van der Waals surface area contributed by atoms with E-state index in [9.17, 15) is 21.6 Å². The van der Waals surface area contributed by atoms with Gasteiger partial charge in [0.05, 0.1) is 5.41 Å². The van der Waals surface area contributed by atoms with Gasteiger partial charge in [-0.1, -0.05) is 0 Å². The number of rotatable bonds is 6. The number of nitrogens with one attached hydrogen (secondary N) is 1. The molecule has 92 valence electrons. The second-order valence-electron chi connectivity index (χ2n) is 3.46. The van der Waals surface area contributed by atoms with Gasteiger partial charge in [-0.3, -0.25) is 5.84 Å². The minimum Gasteiger partial charge on any atom is -0.330 e. The fourth-order valence-corrected chi connectivity index (χ4v) is 0.864. The van der Waals surface area contributed by atoms with Crippen molar-refractivity contribution in [1.29, 1.82) is 0 Å². The lowest BCUT2D eigenvalue weighted by Gasteiger charge is -2.27. The number of nitrogens with two attached hydrogens (primary N) is 1. The third-order valence-corrected chi connectivity index (χ3v) is 2.50. The molecule has 0 bridgehead atoms. The highest BCUT2D eigenvalue weighted by atomic mass is 32.2. The van der Waals surface area contributed by atoms with Crippen LogP contribution in [-0.4, -0.2) is 27.1 Å². The summed E-state index contributed by atoms with van der Waals surface area (Å²) < 4.78 is 63.1. The van der Waals surface area contributed by atoms with E-state index in [1.165, 1.54) is 4.83 Å². The molecule has 0 spiro atoms. The van der Waals surface area contributed by atoms with E-state index in [-0.39, 0.29) is 0 Å². The Kier molecular flexibility index (Phi) is 4.97. The summed E-state index contributed by atoms with van der Waals surface area (Å²) in [6.07, 6.45) is -5.37. The Morgan fingerprint density at radius 3 is 2.20 bits per heavy atom. The molecule has 15 heavy (non-hydrogen) atoms. The van der Waals surface area contributed by atoms with E-state index in [1.54, 1.807) is 0 Å². The number of alkyl halides is 3. The highest BCUT2D eigenvalue weighted by molar-refractivity contribution is 7.89. The summed E-state index contributed by atoms with van der Waals surface area (Å²) in [5, 5.41) is 0. The molecule has 9 heteroatoms. The second kappa shape index (κ2) is 5.10. The van der Waals surface area contributed by atoms with Crippen molar-refractivity contribution in [2.24, 2.45) is 11.3 Å². The molecular weight excluding hydrogens is 237 g/mol. The van der Waals surface area contributed by atoms with Gasteiger partial charge in [-0.05, 0) is 13.8 Å². The first-order valence-corrected chi connectivity index (χ1v) is 5.52. The summed E-state index contributed by atoms with van der Waals surface area (Å²) in [5.74, 6) is 3.46. The first-order chi connectivity index (χ1) is 6.63. The van der Waals surface area contributed by atoms with Gasteiger partial charge < -0.3 is 4.74 Å². The van der Waals surface area contributed by atoms with Crippen LogP contribution in [0.5, 0.6) is 0 Å². The van der Waals surface area contributed by atoms with Gasteiger partial charge in [0.25, 0.3) is 0 Å². The SMILES string of the molecule is CC(C)(C(F)F)C(F)OCS(=O)(=O)NN. The molecule has 0 fully saturated rings. The maximum Gasteiger partial charge on any atom is 0.248 e. The topological polar surface area (TPSA) is 81.4 Å². The van der Waals surface area contributed by atoms with Gasteiger partial charge in [-0.15, -0.1) is 0 Å². The molecule has 0 saturated carbocycles. The van der Waals surface area contributed by atoms with Gasteiger partial charge >= 0.3 is 0 Å². The number of hydrazine groups is 1. The fourth-order valence-electron chi connectivity index (χ4n) is 0.497. The molecule has 0 aliphatic heterocycles. The van der Waals surface area contributed by atoms with Crippen LogP contribution in [0, 0.1) is 5.41 Å². The quantitative estimate of drug-likeness (QED) is 0.526. The molecule has 0 aliphatic carbocycles. The number of ether oxygens (including phenoxy) is 1. The third-order valence-electron chi connectivity index (χ3n) is 1.70. The number of sulfonamides is 1. The van der Waals surface area contributed by atoms with Crippen molar-refractivity contribution in [3.8, 4) is 0 Å². The van der Waals surface area contributed by atoms with Crippen LogP contribution in [0.3, 0.4) is 0 Å². The zero-order valence-corrected chi connectivity index (χ0v) is 9.02. The average molecular weight is 250 g/mol. The predicted molar refractivity (Wildman–Crippen MR) is 46.9 cm³/mol. The van der Waals surface area contributed by atoms with Crippen LogP contribution >= 0.6 is 0 Å². The Morgan fingerprint density at radius 1 is 1.40 bits per heavy atom. The van der Waals surface area contributed by atoms with Crippen molar-refractivity contribution in [2.45, 2.75) is 26.6 Å². The maximum atomic E-state index is 13.1. The van der Waals surface area contributed by atoms with E-state index < -0.39 is 34.2 Å².